The standard InChI is InChI=1S/C14H20FNO/c1-11(2)14-12(4-3-5-13(14)15)10-16-6-8-17-9-7-16/h3-5,11H,6-10H2,1-2H3. The third-order valence-corrected chi connectivity index (χ3v) is 3.22. The molecule has 0 radical (unpaired) electrons. The van der Waals surface area contributed by atoms with Crippen LogP contribution in [0, 0.1) is 5.82 Å². The molecule has 1 aromatic carbocycles. The Hall–Kier alpha value is -0.930. The van der Waals surface area contributed by atoms with Crippen LogP contribution in [0.4, 0.5) is 4.39 Å². The topological polar surface area (TPSA) is 12.5 Å². The minimum atomic E-state index is -0.0780. The molecule has 0 saturated carbocycles. The highest BCUT2D eigenvalue weighted by molar-refractivity contribution is 5.31. The van der Waals surface area contributed by atoms with Crippen molar-refractivity contribution in [2.75, 3.05) is 26.3 Å². The molecule has 1 heterocycles. The second-order valence-electron chi connectivity index (χ2n) is 4.86. The van der Waals surface area contributed by atoms with Crippen LogP contribution in [0.2, 0.25) is 0 Å². The summed E-state index contributed by atoms with van der Waals surface area (Å²) in [5, 5.41) is 0. The molecular formula is C14H20FNO. The zero-order chi connectivity index (χ0) is 12.3. The van der Waals surface area contributed by atoms with E-state index in [4.69, 9.17) is 4.74 Å². The minimum Gasteiger partial charge on any atom is -0.379 e. The van der Waals surface area contributed by atoms with Crippen molar-refractivity contribution >= 4 is 0 Å². The van der Waals surface area contributed by atoms with E-state index < -0.39 is 0 Å². The first-order valence-electron chi connectivity index (χ1n) is 6.26. The smallest absolute Gasteiger partial charge is 0.126 e. The lowest BCUT2D eigenvalue weighted by Crippen LogP contribution is -2.36. The molecule has 0 amide bonds. The van der Waals surface area contributed by atoms with E-state index in [1.807, 2.05) is 19.9 Å². The van der Waals surface area contributed by atoms with Gasteiger partial charge in [0.2, 0.25) is 0 Å². The Morgan fingerprint density at radius 1 is 1.29 bits per heavy atom. The van der Waals surface area contributed by atoms with Crippen LogP contribution in [-0.2, 0) is 11.3 Å². The van der Waals surface area contributed by atoms with E-state index in [9.17, 15) is 4.39 Å². The lowest BCUT2D eigenvalue weighted by molar-refractivity contribution is 0.0340. The number of morpholine rings is 1. The predicted molar refractivity (Wildman–Crippen MR) is 66.6 cm³/mol. The van der Waals surface area contributed by atoms with E-state index in [1.165, 1.54) is 0 Å². The zero-order valence-electron chi connectivity index (χ0n) is 10.6. The highest BCUT2D eigenvalue weighted by Crippen LogP contribution is 2.24. The lowest BCUT2D eigenvalue weighted by atomic mass is 9.96. The fraction of sp³-hybridized carbons (Fsp3) is 0.571. The fourth-order valence-electron chi connectivity index (χ4n) is 2.37. The Bertz CT molecular complexity index is 372. The maximum absolute atomic E-state index is 13.8. The van der Waals surface area contributed by atoms with Gasteiger partial charge in [0.15, 0.2) is 0 Å². The summed E-state index contributed by atoms with van der Waals surface area (Å²) < 4.78 is 19.1. The lowest BCUT2D eigenvalue weighted by Gasteiger charge is -2.28. The molecule has 1 aliphatic heterocycles. The molecule has 0 unspecified atom stereocenters. The van der Waals surface area contributed by atoms with Gasteiger partial charge in [0.25, 0.3) is 0 Å². The average Bonchev–Trinajstić information content (AvgIpc) is 2.30. The number of ether oxygens (including phenoxy) is 1. The van der Waals surface area contributed by atoms with Gasteiger partial charge in [-0.15, -0.1) is 0 Å². The Morgan fingerprint density at radius 2 is 2.00 bits per heavy atom. The first-order chi connectivity index (χ1) is 8.18. The minimum absolute atomic E-state index is 0.0780. The van der Waals surface area contributed by atoms with E-state index in [-0.39, 0.29) is 11.7 Å². The number of hydrogen-bond acceptors (Lipinski definition) is 2. The van der Waals surface area contributed by atoms with Crippen molar-refractivity contribution in [3.8, 4) is 0 Å². The van der Waals surface area contributed by atoms with Crippen molar-refractivity contribution < 1.29 is 9.13 Å². The van der Waals surface area contributed by atoms with E-state index in [0.717, 1.165) is 44.0 Å². The summed E-state index contributed by atoms with van der Waals surface area (Å²) in [6.07, 6.45) is 0. The molecule has 0 spiro atoms. The van der Waals surface area contributed by atoms with Crippen molar-refractivity contribution in [2.45, 2.75) is 26.3 Å². The first-order valence-corrected chi connectivity index (χ1v) is 6.26. The Labute approximate surface area is 102 Å². The van der Waals surface area contributed by atoms with Crippen molar-refractivity contribution in [1.29, 1.82) is 0 Å². The quantitative estimate of drug-likeness (QED) is 0.801. The third-order valence-electron chi connectivity index (χ3n) is 3.22. The molecule has 0 aliphatic carbocycles. The summed E-state index contributed by atoms with van der Waals surface area (Å²) in [7, 11) is 0. The van der Waals surface area contributed by atoms with Crippen LogP contribution in [0.25, 0.3) is 0 Å². The summed E-state index contributed by atoms with van der Waals surface area (Å²) in [4.78, 5) is 2.32. The Balaban J connectivity index is 2.16. The maximum atomic E-state index is 13.8. The van der Waals surface area contributed by atoms with Crippen molar-refractivity contribution in [2.24, 2.45) is 0 Å². The van der Waals surface area contributed by atoms with Gasteiger partial charge in [0.05, 0.1) is 13.2 Å². The van der Waals surface area contributed by atoms with E-state index in [1.54, 1.807) is 12.1 Å². The second kappa shape index (κ2) is 5.61. The SMILES string of the molecule is CC(C)c1c(F)cccc1CN1CCOCC1. The van der Waals surface area contributed by atoms with E-state index >= 15 is 0 Å². The largest absolute Gasteiger partial charge is 0.379 e. The van der Waals surface area contributed by atoms with Gasteiger partial charge in [-0.25, -0.2) is 4.39 Å². The maximum Gasteiger partial charge on any atom is 0.126 e. The van der Waals surface area contributed by atoms with Crippen molar-refractivity contribution in [1.82, 2.24) is 4.90 Å². The van der Waals surface area contributed by atoms with Crippen LogP contribution < -0.4 is 0 Å². The Kier molecular flexibility index (Phi) is 4.13. The molecule has 1 fully saturated rings. The molecule has 94 valence electrons. The molecular weight excluding hydrogens is 217 g/mol. The van der Waals surface area contributed by atoms with Crippen molar-refractivity contribution in [3.05, 3.63) is 35.1 Å². The van der Waals surface area contributed by atoms with Gasteiger partial charge in [-0.05, 0) is 23.1 Å². The first kappa shape index (κ1) is 12.5. The number of nitrogens with zero attached hydrogens (tertiary/aromatic N) is 1. The van der Waals surface area contributed by atoms with Crippen LogP contribution in [0.3, 0.4) is 0 Å². The van der Waals surface area contributed by atoms with E-state index in [2.05, 4.69) is 4.90 Å². The van der Waals surface area contributed by atoms with Gasteiger partial charge < -0.3 is 4.74 Å². The zero-order valence-corrected chi connectivity index (χ0v) is 10.6. The highest BCUT2D eigenvalue weighted by Gasteiger charge is 2.16. The van der Waals surface area contributed by atoms with Gasteiger partial charge in [-0.3, -0.25) is 4.90 Å². The van der Waals surface area contributed by atoms with Crippen LogP contribution in [0.5, 0.6) is 0 Å². The Morgan fingerprint density at radius 3 is 2.65 bits per heavy atom. The van der Waals surface area contributed by atoms with Gasteiger partial charge in [0.1, 0.15) is 5.82 Å². The third kappa shape index (κ3) is 3.05. The van der Waals surface area contributed by atoms with Gasteiger partial charge in [-0.1, -0.05) is 26.0 Å². The molecule has 2 nitrogen and oxygen atoms in total. The summed E-state index contributed by atoms with van der Waals surface area (Å²) in [6.45, 7) is 8.36. The molecule has 0 bridgehead atoms. The van der Waals surface area contributed by atoms with Crippen molar-refractivity contribution in [3.63, 3.8) is 0 Å². The van der Waals surface area contributed by atoms with Crippen LogP contribution in [0.1, 0.15) is 30.9 Å². The second-order valence-corrected chi connectivity index (χ2v) is 4.86. The number of rotatable bonds is 3. The number of benzene rings is 1. The molecule has 0 aromatic heterocycles. The van der Waals surface area contributed by atoms with Gasteiger partial charge in [-0.2, -0.15) is 0 Å². The summed E-state index contributed by atoms with van der Waals surface area (Å²) in [6, 6.07) is 5.39. The molecule has 1 aromatic rings. The number of halogens is 1. The highest BCUT2D eigenvalue weighted by atomic mass is 19.1. The normalized spacial score (nSPS) is 17.6. The summed E-state index contributed by atoms with van der Waals surface area (Å²) in [5.74, 6) is 0.151. The fourth-order valence-corrected chi connectivity index (χ4v) is 2.37. The molecule has 0 atom stereocenters. The average molecular weight is 237 g/mol. The van der Waals surface area contributed by atoms with Gasteiger partial charge >= 0.3 is 0 Å². The molecule has 3 heteroatoms. The monoisotopic (exact) mass is 237 g/mol. The molecule has 2 rings (SSSR count). The molecule has 1 aliphatic rings. The van der Waals surface area contributed by atoms with E-state index in [0.29, 0.717) is 0 Å². The van der Waals surface area contributed by atoms with Gasteiger partial charge in [0, 0.05) is 19.6 Å². The molecule has 0 N–H and O–H groups in total. The predicted octanol–water partition coefficient (Wildman–Crippen LogP) is 2.78. The van der Waals surface area contributed by atoms with Crippen LogP contribution >= 0.6 is 0 Å². The van der Waals surface area contributed by atoms with Crippen LogP contribution in [0.15, 0.2) is 18.2 Å². The number of hydrogen-bond donors (Lipinski definition) is 0. The van der Waals surface area contributed by atoms with Crippen LogP contribution in [-0.4, -0.2) is 31.2 Å². The molecule has 1 saturated heterocycles. The molecule has 17 heavy (non-hydrogen) atoms. The summed E-state index contributed by atoms with van der Waals surface area (Å²) >= 11 is 0. The summed E-state index contributed by atoms with van der Waals surface area (Å²) in [5.41, 5.74) is 1.97.